The Balaban J connectivity index is 1.74. The van der Waals surface area contributed by atoms with Gasteiger partial charge in [0.1, 0.15) is 6.04 Å². The third kappa shape index (κ3) is 7.88. The molecule has 2 aromatic rings. The predicted molar refractivity (Wildman–Crippen MR) is 137 cm³/mol. The molecular formula is C26H34N4O3S. The smallest absolute Gasteiger partial charge is 0.318 e. The van der Waals surface area contributed by atoms with Crippen LogP contribution in [0.3, 0.4) is 0 Å². The van der Waals surface area contributed by atoms with Crippen molar-refractivity contribution in [2.75, 3.05) is 52.1 Å². The van der Waals surface area contributed by atoms with E-state index in [1.165, 1.54) is 18.7 Å². The van der Waals surface area contributed by atoms with Gasteiger partial charge in [-0.25, -0.2) is 4.79 Å². The Morgan fingerprint density at radius 1 is 0.941 bits per heavy atom. The maximum absolute atomic E-state index is 13.5. The van der Waals surface area contributed by atoms with Gasteiger partial charge in [0.2, 0.25) is 5.91 Å². The highest BCUT2D eigenvalue weighted by molar-refractivity contribution is 8.13. The number of urea groups is 1. The number of hydrogen-bond donors (Lipinski definition) is 1. The van der Waals surface area contributed by atoms with Gasteiger partial charge in [-0.3, -0.25) is 9.59 Å². The number of nitrogens with one attached hydrogen (secondary N) is 1. The van der Waals surface area contributed by atoms with Crippen molar-refractivity contribution in [3.63, 3.8) is 0 Å². The number of benzene rings is 2. The SMILES string of the molecule is CC(=O)SCCN(CCc1ccccc1)C(=O)NC(C(=O)N1CCN(C)CC1)c1ccccc1. The summed E-state index contributed by atoms with van der Waals surface area (Å²) in [6.45, 7) is 5.35. The molecule has 0 radical (unpaired) electrons. The normalized spacial score (nSPS) is 14.9. The molecule has 1 atom stereocenters. The maximum Gasteiger partial charge on any atom is 0.318 e. The van der Waals surface area contributed by atoms with Crippen LogP contribution < -0.4 is 5.32 Å². The van der Waals surface area contributed by atoms with Crippen LogP contribution >= 0.6 is 11.8 Å². The summed E-state index contributed by atoms with van der Waals surface area (Å²) in [6, 6.07) is 18.3. The number of carbonyl (C=O) groups is 3. The third-order valence-electron chi connectivity index (χ3n) is 5.93. The van der Waals surface area contributed by atoms with Crippen LogP contribution in [0.25, 0.3) is 0 Å². The van der Waals surface area contributed by atoms with Crippen LogP contribution in [0.15, 0.2) is 60.7 Å². The van der Waals surface area contributed by atoms with Gasteiger partial charge in [0.25, 0.3) is 0 Å². The van der Waals surface area contributed by atoms with Gasteiger partial charge in [-0.1, -0.05) is 72.4 Å². The van der Waals surface area contributed by atoms with E-state index in [2.05, 4.69) is 10.2 Å². The van der Waals surface area contributed by atoms with E-state index in [0.717, 1.165) is 24.2 Å². The van der Waals surface area contributed by atoms with Gasteiger partial charge in [-0.05, 0) is 24.6 Å². The number of nitrogens with zero attached hydrogens (tertiary/aromatic N) is 3. The lowest BCUT2D eigenvalue weighted by Gasteiger charge is -2.35. The molecule has 182 valence electrons. The van der Waals surface area contributed by atoms with E-state index in [1.807, 2.05) is 72.6 Å². The minimum Gasteiger partial charge on any atom is -0.338 e. The summed E-state index contributed by atoms with van der Waals surface area (Å²) < 4.78 is 0. The highest BCUT2D eigenvalue weighted by Gasteiger charge is 2.30. The molecule has 1 heterocycles. The van der Waals surface area contributed by atoms with Gasteiger partial charge in [-0.15, -0.1) is 0 Å². The van der Waals surface area contributed by atoms with Crippen LogP contribution in [-0.2, 0) is 16.0 Å². The molecule has 1 aliphatic rings. The molecule has 7 nitrogen and oxygen atoms in total. The number of thioether (sulfide) groups is 1. The molecule has 1 N–H and O–H groups in total. The Labute approximate surface area is 206 Å². The van der Waals surface area contributed by atoms with Gasteiger partial charge >= 0.3 is 6.03 Å². The molecule has 0 saturated carbocycles. The van der Waals surface area contributed by atoms with Gasteiger partial charge in [0.15, 0.2) is 5.12 Å². The Hall–Kier alpha value is -2.84. The molecule has 34 heavy (non-hydrogen) atoms. The second-order valence-electron chi connectivity index (χ2n) is 8.48. The monoisotopic (exact) mass is 482 g/mol. The first kappa shape index (κ1) is 25.8. The van der Waals surface area contributed by atoms with Crippen LogP contribution in [0.1, 0.15) is 24.1 Å². The van der Waals surface area contributed by atoms with Crippen molar-refractivity contribution in [1.82, 2.24) is 20.0 Å². The Kier molecular flexibility index (Phi) is 9.97. The molecule has 2 aromatic carbocycles. The third-order valence-corrected chi connectivity index (χ3v) is 6.72. The minimum atomic E-state index is -0.753. The molecule has 1 fully saturated rings. The number of amides is 3. The molecule has 8 heteroatoms. The van der Waals surface area contributed by atoms with E-state index in [9.17, 15) is 14.4 Å². The summed E-state index contributed by atoms with van der Waals surface area (Å²) in [6.07, 6.45) is 0.696. The molecule has 3 amide bonds. The van der Waals surface area contributed by atoms with Crippen molar-refractivity contribution in [3.8, 4) is 0 Å². The van der Waals surface area contributed by atoms with Crippen LogP contribution in [0, 0.1) is 0 Å². The van der Waals surface area contributed by atoms with E-state index in [-0.39, 0.29) is 17.1 Å². The van der Waals surface area contributed by atoms with Crippen molar-refractivity contribution < 1.29 is 14.4 Å². The fourth-order valence-corrected chi connectivity index (χ4v) is 4.48. The largest absolute Gasteiger partial charge is 0.338 e. The van der Waals surface area contributed by atoms with Crippen molar-refractivity contribution in [3.05, 3.63) is 71.8 Å². The number of carbonyl (C=O) groups excluding carboxylic acids is 3. The number of hydrogen-bond acceptors (Lipinski definition) is 5. The molecule has 0 bridgehead atoms. The topological polar surface area (TPSA) is 73.0 Å². The maximum atomic E-state index is 13.5. The Morgan fingerprint density at radius 3 is 2.18 bits per heavy atom. The van der Waals surface area contributed by atoms with Crippen molar-refractivity contribution >= 4 is 28.8 Å². The van der Waals surface area contributed by atoms with Crippen molar-refractivity contribution in [1.29, 1.82) is 0 Å². The molecule has 1 unspecified atom stereocenters. The van der Waals surface area contributed by atoms with Crippen LogP contribution in [0.2, 0.25) is 0 Å². The van der Waals surface area contributed by atoms with Gasteiger partial charge in [0, 0.05) is 51.9 Å². The molecule has 0 aliphatic carbocycles. The Morgan fingerprint density at radius 2 is 1.56 bits per heavy atom. The van der Waals surface area contributed by atoms with E-state index in [1.54, 1.807) is 4.90 Å². The summed E-state index contributed by atoms with van der Waals surface area (Å²) >= 11 is 1.20. The van der Waals surface area contributed by atoms with E-state index in [0.29, 0.717) is 38.4 Å². The lowest BCUT2D eigenvalue weighted by molar-refractivity contribution is -0.135. The van der Waals surface area contributed by atoms with Crippen molar-refractivity contribution in [2.45, 2.75) is 19.4 Å². The van der Waals surface area contributed by atoms with Gasteiger partial charge in [-0.2, -0.15) is 0 Å². The standard InChI is InChI=1S/C26H34N4O3S/c1-21(31)34-20-19-30(14-13-22-9-5-3-6-10-22)26(33)27-24(23-11-7-4-8-12-23)25(32)29-17-15-28(2)16-18-29/h3-12,24H,13-20H2,1-2H3,(H,27,33). The summed E-state index contributed by atoms with van der Waals surface area (Å²) in [5.74, 6) is 0.425. The quantitative estimate of drug-likeness (QED) is 0.595. The van der Waals surface area contributed by atoms with Crippen molar-refractivity contribution in [2.24, 2.45) is 0 Å². The first-order valence-electron chi connectivity index (χ1n) is 11.7. The lowest BCUT2D eigenvalue weighted by Crippen LogP contribution is -2.53. The lowest BCUT2D eigenvalue weighted by atomic mass is 10.1. The molecule has 0 aromatic heterocycles. The predicted octanol–water partition coefficient (Wildman–Crippen LogP) is 3.04. The summed E-state index contributed by atoms with van der Waals surface area (Å²) in [4.78, 5) is 44.0. The van der Waals surface area contributed by atoms with E-state index < -0.39 is 6.04 Å². The molecule has 3 rings (SSSR count). The first-order chi connectivity index (χ1) is 16.4. The minimum absolute atomic E-state index is 0.0239. The van der Waals surface area contributed by atoms with E-state index in [4.69, 9.17) is 0 Å². The average Bonchev–Trinajstić information content (AvgIpc) is 2.85. The second kappa shape index (κ2) is 13.2. The zero-order chi connectivity index (χ0) is 24.3. The second-order valence-corrected chi connectivity index (χ2v) is 9.76. The summed E-state index contributed by atoms with van der Waals surface area (Å²) in [7, 11) is 2.04. The van der Waals surface area contributed by atoms with Crippen LogP contribution in [0.5, 0.6) is 0 Å². The summed E-state index contributed by atoms with van der Waals surface area (Å²) in [5, 5.41) is 3.03. The molecule has 1 saturated heterocycles. The molecular weight excluding hydrogens is 448 g/mol. The van der Waals surface area contributed by atoms with E-state index >= 15 is 0 Å². The first-order valence-corrected chi connectivity index (χ1v) is 12.7. The number of piperazine rings is 1. The average molecular weight is 483 g/mol. The Bertz CT molecular complexity index is 934. The highest BCUT2D eigenvalue weighted by Crippen LogP contribution is 2.18. The zero-order valence-electron chi connectivity index (χ0n) is 20.0. The fraction of sp³-hybridized carbons (Fsp3) is 0.423. The van der Waals surface area contributed by atoms with Crippen LogP contribution in [0.4, 0.5) is 4.79 Å². The number of likely N-dealkylation sites (N-methyl/N-ethyl adjacent to an activating group) is 1. The number of rotatable bonds is 9. The van der Waals surface area contributed by atoms with Gasteiger partial charge < -0.3 is 20.0 Å². The molecule has 0 spiro atoms. The summed E-state index contributed by atoms with van der Waals surface area (Å²) in [5.41, 5.74) is 1.90. The van der Waals surface area contributed by atoms with Gasteiger partial charge in [0.05, 0.1) is 0 Å². The fourth-order valence-electron chi connectivity index (χ4n) is 3.88. The molecule has 1 aliphatic heterocycles. The zero-order valence-corrected chi connectivity index (χ0v) is 20.8. The van der Waals surface area contributed by atoms with Crippen LogP contribution in [-0.4, -0.2) is 83.8 Å². The highest BCUT2D eigenvalue weighted by atomic mass is 32.2.